The van der Waals surface area contributed by atoms with Gasteiger partial charge in [-0.05, 0) is 80.1 Å². The molecule has 0 aromatic rings. The molecular weight excluding hydrogens is 600 g/mol. The van der Waals surface area contributed by atoms with Crippen LogP contribution in [0.5, 0.6) is 0 Å². The molecule has 16 heteroatoms. The number of hydrogen-bond acceptors (Lipinski definition) is 12. The van der Waals surface area contributed by atoms with Gasteiger partial charge in [0.05, 0.1) is 22.1 Å². The molecule has 12 nitrogen and oxygen atoms in total. The molecule has 0 amide bonds. The van der Waals surface area contributed by atoms with Crippen LogP contribution in [0.2, 0.25) is 0 Å². The second-order valence-electron chi connectivity index (χ2n) is 12.6. The van der Waals surface area contributed by atoms with Crippen molar-refractivity contribution in [3.05, 3.63) is 0 Å². The van der Waals surface area contributed by atoms with Gasteiger partial charge in [-0.3, -0.25) is 0 Å². The molecule has 3 aliphatic heterocycles. The third-order valence-electron chi connectivity index (χ3n) is 8.46. The van der Waals surface area contributed by atoms with Gasteiger partial charge in [0.15, 0.2) is 0 Å². The molecular formula is C24H48AlO12P3. The molecule has 0 radical (unpaired) electrons. The van der Waals surface area contributed by atoms with Crippen molar-refractivity contribution in [2.24, 2.45) is 0 Å². The molecule has 3 heterocycles. The van der Waals surface area contributed by atoms with E-state index in [2.05, 4.69) is 0 Å². The Kier molecular flexibility index (Phi) is 13.8. The van der Waals surface area contributed by atoms with Crippen molar-refractivity contribution in [2.75, 3.05) is 0 Å². The predicted molar refractivity (Wildman–Crippen MR) is 148 cm³/mol. The fourth-order valence-corrected chi connectivity index (χ4v) is 11.0. The van der Waals surface area contributed by atoms with Crippen LogP contribution in [0.3, 0.4) is 0 Å². The van der Waals surface area contributed by atoms with Crippen LogP contribution in [0.4, 0.5) is 0 Å². The number of rotatable bonds is 0. The molecule has 3 fully saturated rings. The van der Waals surface area contributed by atoms with E-state index in [4.69, 9.17) is 0 Å². The van der Waals surface area contributed by atoms with Gasteiger partial charge in [0.1, 0.15) is 32.1 Å². The van der Waals surface area contributed by atoms with Crippen molar-refractivity contribution in [1.82, 2.24) is 0 Å². The van der Waals surface area contributed by atoms with Gasteiger partial charge in [-0.2, -0.15) is 0 Å². The Morgan fingerprint density at radius 3 is 0.600 bits per heavy atom. The summed E-state index contributed by atoms with van der Waals surface area (Å²) in [6, 6.07) is 0. The van der Waals surface area contributed by atoms with E-state index in [1.807, 2.05) is 0 Å². The van der Waals surface area contributed by atoms with Crippen LogP contribution >= 0.6 is 22.1 Å². The molecule has 40 heavy (non-hydrogen) atoms. The summed E-state index contributed by atoms with van der Waals surface area (Å²) >= 11 is 0. The Bertz CT molecular complexity index is 804. The maximum atomic E-state index is 11.7. The summed E-state index contributed by atoms with van der Waals surface area (Å²) < 4.78 is 35.1. The molecule has 3 rings (SSSR count). The summed E-state index contributed by atoms with van der Waals surface area (Å²) in [7, 11) is -12.5. The molecule has 0 aromatic heterocycles. The minimum Gasteiger partial charge on any atom is -0.795 e. The predicted octanol–water partition coefficient (Wildman–Crippen LogP) is 1.47. The molecule has 0 saturated carbocycles. The SMILES string of the molecule is CC1(O)CCCCC(C)(O)P1(=O)[O-].CC1(O)CCCCC(C)(O)P1(=O)[O-].CC1(O)CCCCC(C)(O)P1(=O)[O-].[Al+3]. The Labute approximate surface area is 248 Å². The maximum absolute atomic E-state index is 11.7. The zero-order chi connectivity index (χ0) is 31.0. The first-order valence-corrected chi connectivity index (χ1v) is 18.3. The van der Waals surface area contributed by atoms with Crippen LogP contribution in [0.25, 0.3) is 0 Å². The largest absolute Gasteiger partial charge is 3.00 e. The van der Waals surface area contributed by atoms with Crippen molar-refractivity contribution in [2.45, 2.75) is 151 Å². The average Bonchev–Trinajstić information content (AvgIpc) is 2.92. The summed E-state index contributed by atoms with van der Waals surface area (Å²) in [5.41, 5.74) is 0. The molecule has 0 aromatic carbocycles. The van der Waals surface area contributed by atoms with Crippen LogP contribution in [0.15, 0.2) is 0 Å². The van der Waals surface area contributed by atoms with E-state index >= 15 is 0 Å². The third kappa shape index (κ3) is 8.31. The summed E-state index contributed by atoms with van der Waals surface area (Å²) in [6.07, 6.45) is 5.08. The number of aliphatic hydroxyl groups is 6. The maximum Gasteiger partial charge on any atom is 3.00 e. The van der Waals surface area contributed by atoms with Gasteiger partial charge in [-0.1, -0.05) is 38.5 Å². The van der Waals surface area contributed by atoms with Crippen LogP contribution < -0.4 is 14.7 Å². The van der Waals surface area contributed by atoms with Crippen LogP contribution in [0.1, 0.15) is 119 Å². The molecule has 6 unspecified atom stereocenters. The average molecular weight is 649 g/mol. The van der Waals surface area contributed by atoms with Crippen molar-refractivity contribution < 1.29 is 59.0 Å². The van der Waals surface area contributed by atoms with E-state index in [0.717, 1.165) is 0 Å². The Morgan fingerprint density at radius 2 is 0.500 bits per heavy atom. The first kappa shape index (κ1) is 40.9. The van der Waals surface area contributed by atoms with Gasteiger partial charge in [0.2, 0.25) is 0 Å². The zero-order valence-electron chi connectivity index (χ0n) is 24.5. The quantitative estimate of drug-likeness (QED) is 0.162. The van der Waals surface area contributed by atoms with Crippen molar-refractivity contribution >= 4 is 39.5 Å². The van der Waals surface area contributed by atoms with Crippen molar-refractivity contribution in [3.63, 3.8) is 0 Å². The summed E-state index contributed by atoms with van der Waals surface area (Å²) in [5.74, 6) is 0. The van der Waals surface area contributed by atoms with Crippen LogP contribution in [0, 0.1) is 0 Å². The summed E-state index contributed by atoms with van der Waals surface area (Å²) in [6.45, 7) is 7.59. The molecule has 234 valence electrons. The standard InChI is InChI=1S/3C8H17O4P.Al/c3*1-7(9)5-3-4-6-8(2,10)13(7,11)12;/h3*9-10H,3-6H2,1-2H3,(H,11,12);/q;;;+3/p-3. The minimum absolute atomic E-state index is 0. The smallest absolute Gasteiger partial charge is 0.795 e. The van der Waals surface area contributed by atoms with E-state index in [1.54, 1.807) is 0 Å². The zero-order valence-corrected chi connectivity index (χ0v) is 28.4. The minimum atomic E-state index is -4.17. The van der Waals surface area contributed by atoms with E-state index in [9.17, 15) is 59.0 Å². The topological polar surface area (TPSA) is 242 Å². The second-order valence-corrected chi connectivity index (χ2v) is 21.7. The second kappa shape index (κ2) is 13.5. The van der Waals surface area contributed by atoms with Crippen molar-refractivity contribution in [1.29, 1.82) is 0 Å². The Morgan fingerprint density at radius 1 is 0.400 bits per heavy atom. The summed E-state index contributed by atoms with van der Waals surface area (Å²) in [5, 5.41) is 47.6. The van der Waals surface area contributed by atoms with Crippen molar-refractivity contribution in [3.8, 4) is 0 Å². The van der Waals surface area contributed by atoms with Gasteiger partial charge in [0.25, 0.3) is 0 Å². The fraction of sp³-hybridized carbons (Fsp3) is 1.00. The normalized spacial score (nSPS) is 51.7. The molecule has 3 saturated heterocycles. The van der Waals surface area contributed by atoms with Gasteiger partial charge in [-0.25, -0.2) is 0 Å². The molecule has 0 aliphatic carbocycles. The van der Waals surface area contributed by atoms with E-state index in [-0.39, 0.29) is 55.9 Å². The Hall–Kier alpha value is 0.862. The van der Waals surface area contributed by atoms with E-state index in [0.29, 0.717) is 38.5 Å². The molecule has 0 spiro atoms. The van der Waals surface area contributed by atoms with E-state index in [1.165, 1.54) is 41.5 Å². The molecule has 6 atom stereocenters. The van der Waals surface area contributed by atoms with Gasteiger partial charge < -0.3 is 59.0 Å². The Balaban J connectivity index is 0.000000563. The van der Waals surface area contributed by atoms with Crippen LogP contribution in [-0.2, 0) is 13.7 Å². The van der Waals surface area contributed by atoms with Crippen LogP contribution in [-0.4, -0.2) is 80.1 Å². The summed E-state index contributed by atoms with van der Waals surface area (Å²) in [4.78, 5) is 35.1. The van der Waals surface area contributed by atoms with Gasteiger partial charge in [-0.15, -0.1) is 0 Å². The van der Waals surface area contributed by atoms with Gasteiger partial charge in [0, 0.05) is 0 Å². The third-order valence-corrected chi connectivity index (χ3v) is 17.4. The molecule has 0 bridgehead atoms. The molecule has 6 N–H and O–H groups in total. The van der Waals surface area contributed by atoms with Gasteiger partial charge >= 0.3 is 17.4 Å². The number of hydrogen-bond donors (Lipinski definition) is 6. The first-order valence-electron chi connectivity index (χ1n) is 13.4. The monoisotopic (exact) mass is 648 g/mol. The fourth-order valence-electron chi connectivity index (χ4n) is 5.20. The van der Waals surface area contributed by atoms with E-state index < -0.39 is 54.2 Å². The first-order chi connectivity index (χ1) is 17.1. The molecule has 3 aliphatic rings.